The number of methoxy groups -OCH3 is 1. The number of rotatable bonds is 7. The molecular formula is C22H18N4O4S2. The van der Waals surface area contributed by atoms with Crippen LogP contribution in [0, 0.1) is 0 Å². The lowest BCUT2D eigenvalue weighted by Crippen LogP contribution is -2.14. The van der Waals surface area contributed by atoms with Crippen LogP contribution in [-0.4, -0.2) is 31.4 Å². The van der Waals surface area contributed by atoms with E-state index in [2.05, 4.69) is 20.0 Å². The zero-order chi connectivity index (χ0) is 22.6. The van der Waals surface area contributed by atoms with Crippen molar-refractivity contribution in [2.75, 3.05) is 17.1 Å². The number of anilines is 2. The van der Waals surface area contributed by atoms with Gasteiger partial charge in [-0.25, -0.2) is 13.4 Å². The number of ether oxygens (including phenoxy) is 1. The number of nitrogens with zero attached hydrogens (tertiary/aromatic N) is 2. The van der Waals surface area contributed by atoms with E-state index in [0.717, 1.165) is 11.3 Å². The summed E-state index contributed by atoms with van der Waals surface area (Å²) < 4.78 is 32.6. The van der Waals surface area contributed by atoms with Gasteiger partial charge in [-0.15, -0.1) is 11.3 Å². The molecule has 0 aliphatic carbocycles. The van der Waals surface area contributed by atoms with Crippen LogP contribution in [-0.2, 0) is 10.0 Å². The number of hydrogen-bond acceptors (Lipinski definition) is 7. The van der Waals surface area contributed by atoms with Crippen LogP contribution in [0.1, 0.15) is 10.4 Å². The standard InChI is InChI=1S/C22H18N4O4S2/c1-30-18-8-10-19(11-9-18)32(28,29)26-17-6-4-15(5-7-17)21(27)25-22-24-20(14-31-22)16-3-2-12-23-13-16/h2-14,26H,1H3,(H,24,25,27). The summed E-state index contributed by atoms with van der Waals surface area (Å²) in [6.45, 7) is 0. The Morgan fingerprint density at radius 2 is 1.78 bits per heavy atom. The molecule has 32 heavy (non-hydrogen) atoms. The summed E-state index contributed by atoms with van der Waals surface area (Å²) in [5, 5.41) is 5.04. The van der Waals surface area contributed by atoms with Crippen LogP contribution in [0.3, 0.4) is 0 Å². The molecule has 2 aromatic heterocycles. The number of benzene rings is 2. The van der Waals surface area contributed by atoms with E-state index in [0.29, 0.717) is 22.1 Å². The number of hydrogen-bond donors (Lipinski definition) is 2. The summed E-state index contributed by atoms with van der Waals surface area (Å²) in [6.07, 6.45) is 3.38. The largest absolute Gasteiger partial charge is 0.497 e. The second-order valence-electron chi connectivity index (χ2n) is 6.59. The van der Waals surface area contributed by atoms with Crippen molar-refractivity contribution in [3.63, 3.8) is 0 Å². The summed E-state index contributed by atoms with van der Waals surface area (Å²) in [5.41, 5.74) is 2.29. The van der Waals surface area contributed by atoms with Crippen LogP contribution in [0.4, 0.5) is 10.8 Å². The second-order valence-corrected chi connectivity index (χ2v) is 9.13. The van der Waals surface area contributed by atoms with Gasteiger partial charge in [0.05, 0.1) is 17.7 Å². The number of carbonyl (C=O) groups is 1. The van der Waals surface area contributed by atoms with Crippen molar-refractivity contribution in [2.45, 2.75) is 4.90 Å². The van der Waals surface area contributed by atoms with Gasteiger partial charge in [-0.1, -0.05) is 0 Å². The molecule has 0 atom stereocenters. The minimum Gasteiger partial charge on any atom is -0.497 e. The van der Waals surface area contributed by atoms with Crippen LogP contribution in [0.25, 0.3) is 11.3 Å². The van der Waals surface area contributed by atoms with E-state index in [9.17, 15) is 13.2 Å². The molecule has 2 N–H and O–H groups in total. The SMILES string of the molecule is COc1ccc(S(=O)(=O)Nc2ccc(C(=O)Nc3nc(-c4cccnc4)cs3)cc2)cc1. The Labute approximate surface area is 189 Å². The predicted molar refractivity (Wildman–Crippen MR) is 124 cm³/mol. The molecule has 0 bridgehead atoms. The molecule has 0 saturated heterocycles. The monoisotopic (exact) mass is 466 g/mol. The van der Waals surface area contributed by atoms with Gasteiger partial charge in [0.2, 0.25) is 0 Å². The van der Waals surface area contributed by atoms with Gasteiger partial charge in [-0.3, -0.25) is 19.8 Å². The fourth-order valence-electron chi connectivity index (χ4n) is 2.81. The fraction of sp³-hybridized carbons (Fsp3) is 0.0455. The van der Waals surface area contributed by atoms with Crippen LogP contribution in [0.15, 0.2) is 83.3 Å². The van der Waals surface area contributed by atoms with Crippen molar-refractivity contribution in [1.82, 2.24) is 9.97 Å². The summed E-state index contributed by atoms with van der Waals surface area (Å²) in [7, 11) is -2.26. The summed E-state index contributed by atoms with van der Waals surface area (Å²) in [5.74, 6) is 0.216. The molecule has 0 spiro atoms. The molecule has 0 fully saturated rings. The summed E-state index contributed by atoms with van der Waals surface area (Å²) in [6, 6.07) is 15.9. The average molecular weight is 467 g/mol. The lowest BCUT2D eigenvalue weighted by molar-refractivity contribution is 0.102. The van der Waals surface area contributed by atoms with Crippen molar-refractivity contribution in [2.24, 2.45) is 0 Å². The van der Waals surface area contributed by atoms with Crippen LogP contribution in [0.5, 0.6) is 5.75 Å². The predicted octanol–water partition coefficient (Wildman–Crippen LogP) is 4.27. The smallest absolute Gasteiger partial charge is 0.261 e. The van der Waals surface area contributed by atoms with Crippen molar-refractivity contribution in [3.05, 3.63) is 84.0 Å². The van der Waals surface area contributed by atoms with E-state index in [4.69, 9.17) is 4.74 Å². The van der Waals surface area contributed by atoms with E-state index in [1.54, 1.807) is 24.5 Å². The quantitative estimate of drug-likeness (QED) is 0.421. The normalized spacial score (nSPS) is 11.0. The van der Waals surface area contributed by atoms with E-state index in [1.807, 2.05) is 17.5 Å². The molecule has 1 amide bonds. The molecular weight excluding hydrogens is 448 g/mol. The Morgan fingerprint density at radius 3 is 2.44 bits per heavy atom. The lowest BCUT2D eigenvalue weighted by atomic mass is 10.2. The molecule has 8 nitrogen and oxygen atoms in total. The Hall–Kier alpha value is -3.76. The highest BCUT2D eigenvalue weighted by Crippen LogP contribution is 2.25. The molecule has 0 aliphatic rings. The summed E-state index contributed by atoms with van der Waals surface area (Å²) in [4.78, 5) is 21.1. The van der Waals surface area contributed by atoms with Gasteiger partial charge in [0.1, 0.15) is 5.75 Å². The van der Waals surface area contributed by atoms with Crippen LogP contribution < -0.4 is 14.8 Å². The molecule has 2 heterocycles. The first-order valence-electron chi connectivity index (χ1n) is 9.39. The number of pyridine rings is 1. The molecule has 162 valence electrons. The Kier molecular flexibility index (Phi) is 6.15. The third-order valence-corrected chi connectivity index (χ3v) is 6.61. The maximum atomic E-state index is 12.5. The Balaban J connectivity index is 1.42. The highest BCUT2D eigenvalue weighted by Gasteiger charge is 2.15. The summed E-state index contributed by atoms with van der Waals surface area (Å²) >= 11 is 1.31. The van der Waals surface area contributed by atoms with E-state index in [-0.39, 0.29) is 10.8 Å². The maximum absolute atomic E-state index is 12.5. The number of amides is 1. The second kappa shape index (κ2) is 9.16. The van der Waals surface area contributed by atoms with Crippen LogP contribution >= 0.6 is 11.3 Å². The first-order valence-corrected chi connectivity index (χ1v) is 11.7. The van der Waals surface area contributed by atoms with Gasteiger partial charge < -0.3 is 4.74 Å². The molecule has 0 saturated carbocycles. The molecule has 2 aromatic carbocycles. The lowest BCUT2D eigenvalue weighted by Gasteiger charge is -2.09. The molecule has 0 radical (unpaired) electrons. The third kappa shape index (κ3) is 4.93. The maximum Gasteiger partial charge on any atom is 0.261 e. The highest BCUT2D eigenvalue weighted by molar-refractivity contribution is 7.92. The molecule has 4 aromatic rings. The number of aromatic nitrogens is 2. The van der Waals surface area contributed by atoms with Gasteiger partial charge in [-0.2, -0.15) is 0 Å². The molecule has 0 unspecified atom stereocenters. The first-order chi connectivity index (χ1) is 15.4. The average Bonchev–Trinajstić information content (AvgIpc) is 3.28. The zero-order valence-corrected chi connectivity index (χ0v) is 18.5. The van der Waals surface area contributed by atoms with Gasteiger partial charge in [-0.05, 0) is 60.7 Å². The minimum absolute atomic E-state index is 0.105. The van der Waals surface area contributed by atoms with Crippen molar-refractivity contribution < 1.29 is 17.9 Å². The number of carbonyl (C=O) groups excluding carboxylic acids is 1. The minimum atomic E-state index is -3.76. The molecule has 4 rings (SSSR count). The fourth-order valence-corrected chi connectivity index (χ4v) is 4.58. The number of sulfonamides is 1. The van der Waals surface area contributed by atoms with Crippen molar-refractivity contribution in [1.29, 1.82) is 0 Å². The van der Waals surface area contributed by atoms with Crippen LogP contribution in [0.2, 0.25) is 0 Å². The molecule has 0 aliphatic heterocycles. The first kappa shape index (κ1) is 21.5. The Bertz CT molecular complexity index is 1320. The Morgan fingerprint density at radius 1 is 1.03 bits per heavy atom. The van der Waals surface area contributed by atoms with Gasteiger partial charge in [0.25, 0.3) is 15.9 Å². The van der Waals surface area contributed by atoms with Crippen molar-refractivity contribution >= 4 is 38.1 Å². The number of thiazole rings is 1. The van der Waals surface area contributed by atoms with Gasteiger partial charge in [0, 0.05) is 34.6 Å². The van der Waals surface area contributed by atoms with E-state index < -0.39 is 10.0 Å². The zero-order valence-electron chi connectivity index (χ0n) is 16.8. The molecule has 10 heteroatoms. The van der Waals surface area contributed by atoms with E-state index in [1.165, 1.54) is 54.8 Å². The third-order valence-electron chi connectivity index (χ3n) is 4.45. The highest BCUT2D eigenvalue weighted by atomic mass is 32.2. The van der Waals surface area contributed by atoms with Crippen molar-refractivity contribution in [3.8, 4) is 17.0 Å². The van der Waals surface area contributed by atoms with Gasteiger partial charge in [0.15, 0.2) is 5.13 Å². The van der Waals surface area contributed by atoms with Gasteiger partial charge >= 0.3 is 0 Å². The number of nitrogens with one attached hydrogen (secondary N) is 2. The van der Waals surface area contributed by atoms with E-state index >= 15 is 0 Å². The topological polar surface area (TPSA) is 110 Å².